The van der Waals surface area contributed by atoms with Crippen LogP contribution in [-0.4, -0.2) is 23.9 Å². The molecule has 0 aliphatic rings. The van der Waals surface area contributed by atoms with Crippen LogP contribution in [0.25, 0.3) is 0 Å². The smallest absolute Gasteiger partial charge is 0.405 e. The predicted octanol–water partition coefficient (Wildman–Crippen LogP) is 2.60. The molecule has 7 heteroatoms. The van der Waals surface area contributed by atoms with E-state index in [1.165, 1.54) is 6.92 Å². The van der Waals surface area contributed by atoms with Crippen molar-refractivity contribution >= 4 is 5.97 Å². The number of hydrogen-bond donors (Lipinski definition) is 1. The molecule has 0 aliphatic carbocycles. The highest BCUT2D eigenvalue weighted by Gasteiger charge is 2.50. The van der Waals surface area contributed by atoms with E-state index in [9.17, 15) is 27.5 Å². The minimum absolute atomic E-state index is 0.211. The SMILES string of the molecule is CCOC(=O)[C@@H]([C@H](O)c1ccc(F)cc1)C(F)(F)F. The van der Waals surface area contributed by atoms with E-state index >= 15 is 0 Å². The van der Waals surface area contributed by atoms with E-state index in [0.717, 1.165) is 24.3 Å². The maximum atomic E-state index is 12.8. The van der Waals surface area contributed by atoms with Gasteiger partial charge in [0.15, 0.2) is 5.92 Å². The van der Waals surface area contributed by atoms with Crippen molar-refractivity contribution in [2.24, 2.45) is 5.92 Å². The van der Waals surface area contributed by atoms with Gasteiger partial charge >= 0.3 is 12.1 Å². The molecule has 0 bridgehead atoms. The van der Waals surface area contributed by atoms with Crippen molar-refractivity contribution in [2.75, 3.05) is 6.61 Å². The average molecular weight is 280 g/mol. The molecule has 1 N–H and O–H groups in total. The number of carbonyl (C=O) groups is 1. The molecule has 0 spiro atoms. The van der Waals surface area contributed by atoms with E-state index < -0.39 is 30.0 Å². The monoisotopic (exact) mass is 280 g/mol. The first kappa shape index (κ1) is 15.4. The highest BCUT2D eigenvalue weighted by molar-refractivity contribution is 5.74. The molecule has 19 heavy (non-hydrogen) atoms. The molecule has 106 valence electrons. The Balaban J connectivity index is 3.04. The molecule has 1 rings (SSSR count). The molecule has 2 atom stereocenters. The number of carbonyl (C=O) groups excluding carboxylic acids is 1. The maximum absolute atomic E-state index is 12.8. The van der Waals surface area contributed by atoms with Gasteiger partial charge in [-0.1, -0.05) is 12.1 Å². The molecule has 0 amide bonds. The van der Waals surface area contributed by atoms with Crippen LogP contribution < -0.4 is 0 Å². The summed E-state index contributed by atoms with van der Waals surface area (Å²) in [5.41, 5.74) is -0.211. The number of aliphatic hydroxyl groups is 1. The summed E-state index contributed by atoms with van der Waals surface area (Å²) in [5, 5.41) is 9.66. The average Bonchev–Trinajstić information content (AvgIpc) is 2.28. The summed E-state index contributed by atoms with van der Waals surface area (Å²) >= 11 is 0. The minimum Gasteiger partial charge on any atom is -0.465 e. The lowest BCUT2D eigenvalue weighted by Gasteiger charge is -2.23. The van der Waals surface area contributed by atoms with E-state index in [4.69, 9.17) is 0 Å². The number of aliphatic hydroxyl groups excluding tert-OH is 1. The van der Waals surface area contributed by atoms with Crippen molar-refractivity contribution in [3.63, 3.8) is 0 Å². The Morgan fingerprint density at radius 1 is 1.32 bits per heavy atom. The first-order valence-electron chi connectivity index (χ1n) is 5.44. The van der Waals surface area contributed by atoms with Gasteiger partial charge in [0.25, 0.3) is 0 Å². The van der Waals surface area contributed by atoms with Gasteiger partial charge in [0, 0.05) is 0 Å². The number of rotatable bonds is 4. The third-order valence-corrected chi connectivity index (χ3v) is 2.42. The van der Waals surface area contributed by atoms with Crippen LogP contribution in [0.5, 0.6) is 0 Å². The third kappa shape index (κ3) is 3.92. The Labute approximate surface area is 106 Å². The molecule has 1 aromatic rings. The second-order valence-electron chi connectivity index (χ2n) is 3.77. The van der Waals surface area contributed by atoms with Crippen LogP contribution in [0.2, 0.25) is 0 Å². The van der Waals surface area contributed by atoms with E-state index in [1.807, 2.05) is 0 Å². The minimum atomic E-state index is -4.96. The molecule has 3 nitrogen and oxygen atoms in total. The van der Waals surface area contributed by atoms with Crippen molar-refractivity contribution in [3.05, 3.63) is 35.6 Å². The van der Waals surface area contributed by atoms with Gasteiger partial charge in [0.2, 0.25) is 0 Å². The van der Waals surface area contributed by atoms with Gasteiger partial charge in [-0.05, 0) is 24.6 Å². The Morgan fingerprint density at radius 3 is 2.26 bits per heavy atom. The van der Waals surface area contributed by atoms with Gasteiger partial charge in [-0.15, -0.1) is 0 Å². The van der Waals surface area contributed by atoms with Crippen molar-refractivity contribution in [3.8, 4) is 0 Å². The molecule has 0 unspecified atom stereocenters. The number of halogens is 4. The molecule has 0 heterocycles. The largest absolute Gasteiger partial charge is 0.465 e. The fourth-order valence-electron chi connectivity index (χ4n) is 1.53. The zero-order chi connectivity index (χ0) is 14.6. The second kappa shape index (κ2) is 6.01. The zero-order valence-corrected chi connectivity index (χ0v) is 9.95. The first-order valence-corrected chi connectivity index (χ1v) is 5.44. The maximum Gasteiger partial charge on any atom is 0.405 e. The lowest BCUT2D eigenvalue weighted by atomic mass is 9.95. The molecule has 0 fully saturated rings. The number of alkyl halides is 3. The molecule has 0 saturated carbocycles. The normalized spacial score (nSPS) is 14.8. The summed E-state index contributed by atoms with van der Waals surface area (Å²) in [6.07, 6.45) is -7.10. The summed E-state index contributed by atoms with van der Waals surface area (Å²) in [6, 6.07) is 3.77. The van der Waals surface area contributed by atoms with Crippen molar-refractivity contribution in [2.45, 2.75) is 19.2 Å². The van der Waals surface area contributed by atoms with E-state index in [-0.39, 0.29) is 12.2 Å². The van der Waals surface area contributed by atoms with Crippen molar-refractivity contribution in [1.82, 2.24) is 0 Å². The Morgan fingerprint density at radius 2 is 1.84 bits per heavy atom. The topological polar surface area (TPSA) is 46.5 Å². The van der Waals surface area contributed by atoms with Gasteiger partial charge in [-0.2, -0.15) is 13.2 Å². The summed E-state index contributed by atoms with van der Waals surface area (Å²) in [6.45, 7) is 1.12. The zero-order valence-electron chi connectivity index (χ0n) is 9.95. The van der Waals surface area contributed by atoms with Crippen LogP contribution in [0.15, 0.2) is 24.3 Å². The third-order valence-electron chi connectivity index (χ3n) is 2.42. The molecule has 0 saturated heterocycles. The first-order chi connectivity index (χ1) is 8.77. The quantitative estimate of drug-likeness (QED) is 0.681. The number of ether oxygens (including phenoxy) is 1. The summed E-state index contributed by atoms with van der Waals surface area (Å²) < 4.78 is 55.3. The van der Waals surface area contributed by atoms with Gasteiger partial charge in [0.05, 0.1) is 6.61 Å². The van der Waals surface area contributed by atoms with Crippen LogP contribution in [0, 0.1) is 11.7 Å². The molecular formula is C12H12F4O3. The van der Waals surface area contributed by atoms with Crippen LogP contribution in [-0.2, 0) is 9.53 Å². The van der Waals surface area contributed by atoms with Crippen LogP contribution in [0.4, 0.5) is 17.6 Å². The Hall–Kier alpha value is -1.63. The summed E-state index contributed by atoms with van der Waals surface area (Å²) in [7, 11) is 0. The van der Waals surface area contributed by atoms with Crippen molar-refractivity contribution < 1.29 is 32.2 Å². The highest BCUT2D eigenvalue weighted by Crippen LogP contribution is 2.37. The van der Waals surface area contributed by atoms with Crippen LogP contribution >= 0.6 is 0 Å². The lowest BCUT2D eigenvalue weighted by molar-refractivity contribution is -0.215. The second-order valence-corrected chi connectivity index (χ2v) is 3.77. The number of hydrogen-bond acceptors (Lipinski definition) is 3. The van der Waals surface area contributed by atoms with Gasteiger partial charge in [-0.3, -0.25) is 4.79 Å². The highest BCUT2D eigenvalue weighted by atomic mass is 19.4. The fraction of sp³-hybridized carbons (Fsp3) is 0.417. The number of benzene rings is 1. The Bertz CT molecular complexity index is 428. The van der Waals surface area contributed by atoms with E-state index in [1.54, 1.807) is 0 Å². The molecule has 0 aromatic heterocycles. The standard InChI is InChI=1S/C12H12F4O3/c1-2-19-11(18)9(12(14,15)16)10(17)7-3-5-8(13)6-4-7/h3-6,9-10,17H,2H2,1H3/t9-,10-/m1/s1. The van der Waals surface area contributed by atoms with Crippen molar-refractivity contribution in [1.29, 1.82) is 0 Å². The fourth-order valence-corrected chi connectivity index (χ4v) is 1.53. The predicted molar refractivity (Wildman–Crippen MR) is 57.5 cm³/mol. The molecule has 1 aromatic carbocycles. The molecule has 0 radical (unpaired) electrons. The van der Waals surface area contributed by atoms with Gasteiger partial charge in [0.1, 0.15) is 11.9 Å². The molecular weight excluding hydrogens is 268 g/mol. The van der Waals surface area contributed by atoms with Crippen LogP contribution in [0.3, 0.4) is 0 Å². The Kier molecular flexibility index (Phi) is 4.88. The van der Waals surface area contributed by atoms with Gasteiger partial charge < -0.3 is 9.84 Å². The van der Waals surface area contributed by atoms with Gasteiger partial charge in [-0.25, -0.2) is 4.39 Å². The molecule has 0 aliphatic heterocycles. The van der Waals surface area contributed by atoms with Crippen LogP contribution in [0.1, 0.15) is 18.6 Å². The summed E-state index contributed by atoms with van der Waals surface area (Å²) in [5.74, 6) is -4.92. The summed E-state index contributed by atoms with van der Waals surface area (Å²) in [4.78, 5) is 11.3. The lowest BCUT2D eigenvalue weighted by Crippen LogP contribution is -2.37. The van der Waals surface area contributed by atoms with E-state index in [0.29, 0.717) is 0 Å². The number of esters is 1. The van der Waals surface area contributed by atoms with E-state index in [2.05, 4.69) is 4.74 Å².